The molecule has 2 aromatic rings. The maximum absolute atomic E-state index is 12.1. The van der Waals surface area contributed by atoms with Crippen LogP contribution in [0.5, 0.6) is 0 Å². The van der Waals surface area contributed by atoms with Crippen molar-refractivity contribution in [1.82, 2.24) is 9.71 Å². The van der Waals surface area contributed by atoms with Gasteiger partial charge in [0.25, 0.3) is 15.9 Å². The minimum absolute atomic E-state index is 0.00599. The molecule has 1 aromatic carbocycles. The van der Waals surface area contributed by atoms with E-state index in [2.05, 4.69) is 4.98 Å². The van der Waals surface area contributed by atoms with E-state index in [0.29, 0.717) is 5.69 Å². The van der Waals surface area contributed by atoms with E-state index in [1.165, 1.54) is 30.5 Å². The van der Waals surface area contributed by atoms with Crippen molar-refractivity contribution in [2.45, 2.75) is 25.3 Å². The van der Waals surface area contributed by atoms with Gasteiger partial charge in [-0.3, -0.25) is 14.6 Å². The van der Waals surface area contributed by atoms with Crippen molar-refractivity contribution >= 4 is 21.9 Å². The molecule has 8 heteroatoms. The number of carbonyl (C=O) groups is 2. The maximum atomic E-state index is 12.1. The number of esters is 1. The summed E-state index contributed by atoms with van der Waals surface area (Å²) in [5, 5.41) is 0. The first-order valence-electron chi connectivity index (χ1n) is 7.53. The summed E-state index contributed by atoms with van der Waals surface area (Å²) < 4.78 is 31.2. The third kappa shape index (κ3) is 5.12. The Kier molecular flexibility index (Phi) is 5.87. The molecule has 2 rings (SSSR count). The summed E-state index contributed by atoms with van der Waals surface area (Å²) >= 11 is 0. The monoisotopic (exact) mass is 362 g/mol. The zero-order valence-corrected chi connectivity index (χ0v) is 14.6. The molecule has 0 aliphatic heterocycles. The number of sulfonamides is 1. The van der Waals surface area contributed by atoms with Gasteiger partial charge in [0, 0.05) is 6.20 Å². The fourth-order valence-electron chi connectivity index (χ4n) is 1.80. The van der Waals surface area contributed by atoms with Gasteiger partial charge in [0.05, 0.1) is 22.1 Å². The molecule has 1 amide bonds. The number of nitrogens with one attached hydrogen (secondary N) is 1. The lowest BCUT2D eigenvalue weighted by Gasteiger charge is -2.08. The molecule has 0 bridgehead atoms. The highest BCUT2D eigenvalue weighted by atomic mass is 32.2. The van der Waals surface area contributed by atoms with Gasteiger partial charge in [-0.25, -0.2) is 13.1 Å². The van der Waals surface area contributed by atoms with Gasteiger partial charge in [-0.2, -0.15) is 0 Å². The predicted molar refractivity (Wildman–Crippen MR) is 90.0 cm³/mol. The van der Waals surface area contributed by atoms with Gasteiger partial charge >= 0.3 is 5.97 Å². The number of amides is 1. The predicted octanol–water partition coefficient (Wildman–Crippen LogP) is 1.90. The average molecular weight is 362 g/mol. The maximum Gasteiger partial charge on any atom is 0.308 e. The Labute approximate surface area is 146 Å². The van der Waals surface area contributed by atoms with E-state index in [9.17, 15) is 18.0 Å². The molecule has 1 heterocycles. The number of rotatable bonds is 6. The third-order valence-electron chi connectivity index (χ3n) is 3.20. The summed E-state index contributed by atoms with van der Waals surface area (Å²) in [6.45, 7) is 3.42. The number of nitrogens with zero attached hydrogens (tertiary/aromatic N) is 1. The molecule has 0 spiro atoms. The van der Waals surface area contributed by atoms with Crippen molar-refractivity contribution in [1.29, 1.82) is 0 Å². The molecule has 132 valence electrons. The highest BCUT2D eigenvalue weighted by molar-refractivity contribution is 7.90. The van der Waals surface area contributed by atoms with Gasteiger partial charge in [0.2, 0.25) is 0 Å². The standard InChI is InChI=1S/C17H18N2O5S/c1-12(2)17(21)24-11-14-9-8-13(10-18-14)16(20)19-25(22,23)15-6-4-3-5-7-15/h3-10,12H,11H2,1-2H3,(H,19,20). The molecular weight excluding hydrogens is 344 g/mol. The van der Waals surface area contributed by atoms with Crippen LogP contribution < -0.4 is 4.72 Å². The minimum atomic E-state index is -3.95. The molecule has 0 aliphatic rings. The van der Waals surface area contributed by atoms with Gasteiger partial charge in [0.1, 0.15) is 6.61 Å². The number of pyridine rings is 1. The average Bonchev–Trinajstić information content (AvgIpc) is 2.60. The summed E-state index contributed by atoms with van der Waals surface area (Å²) in [6, 6.07) is 10.5. The van der Waals surface area contributed by atoms with Gasteiger partial charge in [-0.05, 0) is 24.3 Å². The van der Waals surface area contributed by atoms with Crippen LogP contribution in [-0.2, 0) is 26.2 Å². The van der Waals surface area contributed by atoms with Crippen LogP contribution in [0.3, 0.4) is 0 Å². The first-order valence-corrected chi connectivity index (χ1v) is 9.01. The van der Waals surface area contributed by atoms with Crippen molar-refractivity contribution in [3.8, 4) is 0 Å². The molecule has 1 N–H and O–H groups in total. The smallest absolute Gasteiger partial charge is 0.308 e. The van der Waals surface area contributed by atoms with Gasteiger partial charge < -0.3 is 4.74 Å². The fourth-order valence-corrected chi connectivity index (χ4v) is 2.79. The van der Waals surface area contributed by atoms with E-state index < -0.39 is 15.9 Å². The SMILES string of the molecule is CC(C)C(=O)OCc1ccc(C(=O)NS(=O)(=O)c2ccccc2)cn1. The molecule has 25 heavy (non-hydrogen) atoms. The second-order valence-electron chi connectivity index (χ2n) is 5.55. The minimum Gasteiger partial charge on any atom is -0.459 e. The Balaban J connectivity index is 2.02. The Morgan fingerprint density at radius 1 is 1.12 bits per heavy atom. The first-order chi connectivity index (χ1) is 11.8. The molecule has 0 saturated carbocycles. The third-order valence-corrected chi connectivity index (χ3v) is 4.55. The summed E-state index contributed by atoms with van der Waals surface area (Å²) in [6.07, 6.45) is 1.23. The van der Waals surface area contributed by atoms with E-state index in [0.717, 1.165) is 0 Å². The van der Waals surface area contributed by atoms with E-state index in [-0.39, 0.29) is 29.0 Å². The Hall–Kier alpha value is -2.74. The summed E-state index contributed by atoms with van der Waals surface area (Å²) in [7, 11) is -3.95. The number of hydrogen-bond acceptors (Lipinski definition) is 6. The lowest BCUT2D eigenvalue weighted by molar-refractivity contribution is -0.148. The van der Waals surface area contributed by atoms with Crippen LogP contribution in [0.2, 0.25) is 0 Å². The first kappa shape index (κ1) is 18.6. The van der Waals surface area contributed by atoms with E-state index >= 15 is 0 Å². The molecule has 7 nitrogen and oxygen atoms in total. The normalized spacial score (nSPS) is 11.2. The number of aromatic nitrogens is 1. The molecule has 0 unspecified atom stereocenters. The van der Waals surface area contributed by atoms with Crippen LogP contribution in [0.4, 0.5) is 0 Å². The van der Waals surface area contributed by atoms with Crippen molar-refractivity contribution in [2.24, 2.45) is 5.92 Å². The van der Waals surface area contributed by atoms with Crippen LogP contribution >= 0.6 is 0 Å². The highest BCUT2D eigenvalue weighted by Crippen LogP contribution is 2.09. The van der Waals surface area contributed by atoms with Gasteiger partial charge in [-0.15, -0.1) is 0 Å². The molecular formula is C17H18N2O5S. The summed E-state index contributed by atoms with van der Waals surface area (Å²) in [4.78, 5) is 27.5. The second-order valence-corrected chi connectivity index (χ2v) is 7.23. The van der Waals surface area contributed by atoms with Crippen LogP contribution in [0, 0.1) is 5.92 Å². The van der Waals surface area contributed by atoms with Crippen LogP contribution in [0.15, 0.2) is 53.6 Å². The molecule has 0 aliphatic carbocycles. The van der Waals surface area contributed by atoms with E-state index in [1.54, 1.807) is 32.0 Å². The Morgan fingerprint density at radius 2 is 1.80 bits per heavy atom. The zero-order chi connectivity index (χ0) is 18.4. The second kappa shape index (κ2) is 7.89. The summed E-state index contributed by atoms with van der Waals surface area (Å²) in [5.41, 5.74) is 0.537. The van der Waals surface area contributed by atoms with Crippen LogP contribution in [-0.4, -0.2) is 25.3 Å². The van der Waals surface area contributed by atoms with Crippen molar-refractivity contribution in [3.05, 3.63) is 59.9 Å². The molecule has 0 radical (unpaired) electrons. The van der Waals surface area contributed by atoms with Crippen molar-refractivity contribution in [2.75, 3.05) is 0 Å². The lowest BCUT2D eigenvalue weighted by Crippen LogP contribution is -2.30. The number of ether oxygens (including phenoxy) is 1. The van der Waals surface area contributed by atoms with E-state index in [1.807, 2.05) is 4.72 Å². The molecule has 0 atom stereocenters. The molecule has 0 saturated heterocycles. The largest absolute Gasteiger partial charge is 0.459 e. The van der Waals surface area contributed by atoms with Crippen LogP contribution in [0.25, 0.3) is 0 Å². The molecule has 1 aromatic heterocycles. The van der Waals surface area contributed by atoms with Gasteiger partial charge in [-0.1, -0.05) is 32.0 Å². The highest BCUT2D eigenvalue weighted by Gasteiger charge is 2.18. The Morgan fingerprint density at radius 3 is 2.36 bits per heavy atom. The molecule has 0 fully saturated rings. The van der Waals surface area contributed by atoms with Gasteiger partial charge in [0.15, 0.2) is 0 Å². The number of hydrogen-bond donors (Lipinski definition) is 1. The fraction of sp³-hybridized carbons (Fsp3) is 0.235. The zero-order valence-electron chi connectivity index (χ0n) is 13.8. The Bertz CT molecular complexity index is 846. The van der Waals surface area contributed by atoms with Crippen molar-refractivity contribution in [3.63, 3.8) is 0 Å². The van der Waals surface area contributed by atoms with Crippen LogP contribution in [0.1, 0.15) is 29.9 Å². The van der Waals surface area contributed by atoms with Crippen molar-refractivity contribution < 1.29 is 22.7 Å². The van der Waals surface area contributed by atoms with E-state index in [4.69, 9.17) is 4.74 Å². The number of carbonyl (C=O) groups excluding carboxylic acids is 2. The topological polar surface area (TPSA) is 102 Å². The quantitative estimate of drug-likeness (QED) is 0.788. The summed E-state index contributed by atoms with van der Waals surface area (Å²) in [5.74, 6) is -1.38. The lowest BCUT2D eigenvalue weighted by atomic mass is 10.2. The number of benzene rings is 1.